The fourth-order valence-corrected chi connectivity index (χ4v) is 4.07. The monoisotopic (exact) mass is 276 g/mol. The molecule has 1 aromatic rings. The first-order chi connectivity index (χ1) is 9.24. The maximum atomic E-state index is 12.4. The van der Waals surface area contributed by atoms with Crippen molar-refractivity contribution >= 4 is 23.6 Å². The van der Waals surface area contributed by atoms with E-state index >= 15 is 0 Å². The zero-order valence-electron chi connectivity index (χ0n) is 10.8. The molecule has 0 spiro atoms. The summed E-state index contributed by atoms with van der Waals surface area (Å²) in [7, 11) is 0. The first-order valence-electron chi connectivity index (χ1n) is 6.55. The highest BCUT2D eigenvalue weighted by Crippen LogP contribution is 2.47. The molecule has 4 nitrogen and oxygen atoms in total. The van der Waals surface area contributed by atoms with Gasteiger partial charge in [-0.2, -0.15) is 0 Å². The van der Waals surface area contributed by atoms with E-state index < -0.39 is 0 Å². The molecule has 0 aromatic heterocycles. The van der Waals surface area contributed by atoms with Crippen LogP contribution in [0.3, 0.4) is 0 Å². The second-order valence-electron chi connectivity index (χ2n) is 4.79. The van der Waals surface area contributed by atoms with Crippen LogP contribution in [0.2, 0.25) is 0 Å². The molecule has 1 saturated heterocycles. The molecule has 0 radical (unpaired) electrons. The quantitative estimate of drug-likeness (QED) is 0.915. The van der Waals surface area contributed by atoms with Gasteiger partial charge in [0.2, 0.25) is 5.91 Å². The van der Waals surface area contributed by atoms with E-state index in [-0.39, 0.29) is 23.2 Å². The lowest BCUT2D eigenvalue weighted by Crippen LogP contribution is -2.46. The van der Waals surface area contributed by atoms with Gasteiger partial charge in [-0.1, -0.05) is 25.1 Å². The molecule has 3 rings (SSSR count). The van der Waals surface area contributed by atoms with E-state index in [1.165, 1.54) is 0 Å². The van der Waals surface area contributed by atoms with Crippen LogP contribution in [0.5, 0.6) is 0 Å². The van der Waals surface area contributed by atoms with Gasteiger partial charge in [0.05, 0.1) is 0 Å². The van der Waals surface area contributed by atoms with Gasteiger partial charge >= 0.3 is 0 Å². The molecule has 2 aliphatic rings. The standard InChI is InChI=1S/C14H16N2O2S/c1-2-7-15-12(17)11-8-19-14-10-6-4-3-5-9(10)13(18)16(11)14/h3-6,11,14H,2,7-8H2,1H3,(H,15,17)/t11-,14-/m1/s1. The second-order valence-corrected chi connectivity index (χ2v) is 5.91. The summed E-state index contributed by atoms with van der Waals surface area (Å²) >= 11 is 1.67. The summed E-state index contributed by atoms with van der Waals surface area (Å²) < 4.78 is 0. The Hall–Kier alpha value is -1.49. The van der Waals surface area contributed by atoms with Crippen LogP contribution in [-0.4, -0.2) is 35.1 Å². The molecule has 0 bridgehead atoms. The molecule has 2 atom stereocenters. The fourth-order valence-electron chi connectivity index (χ4n) is 2.61. The first kappa shape index (κ1) is 12.5. The Morgan fingerprint density at radius 1 is 1.47 bits per heavy atom. The number of rotatable bonds is 3. The smallest absolute Gasteiger partial charge is 0.256 e. The molecule has 2 heterocycles. The molecule has 1 aromatic carbocycles. The Morgan fingerprint density at radius 2 is 2.26 bits per heavy atom. The van der Waals surface area contributed by atoms with Crippen molar-refractivity contribution in [1.29, 1.82) is 0 Å². The van der Waals surface area contributed by atoms with Crippen molar-refractivity contribution in [2.75, 3.05) is 12.3 Å². The van der Waals surface area contributed by atoms with Crippen LogP contribution in [0.15, 0.2) is 24.3 Å². The van der Waals surface area contributed by atoms with Crippen LogP contribution in [-0.2, 0) is 4.79 Å². The van der Waals surface area contributed by atoms with E-state index in [0.29, 0.717) is 12.3 Å². The van der Waals surface area contributed by atoms with E-state index in [4.69, 9.17) is 0 Å². The van der Waals surface area contributed by atoms with E-state index in [9.17, 15) is 9.59 Å². The number of benzene rings is 1. The molecule has 0 unspecified atom stereocenters. The third-order valence-corrected chi connectivity index (χ3v) is 4.85. The van der Waals surface area contributed by atoms with E-state index in [0.717, 1.165) is 17.5 Å². The highest BCUT2D eigenvalue weighted by atomic mass is 32.2. The summed E-state index contributed by atoms with van der Waals surface area (Å²) in [5.74, 6) is 0.639. The molecule has 2 aliphatic heterocycles. The third-order valence-electron chi connectivity index (χ3n) is 3.54. The van der Waals surface area contributed by atoms with Crippen molar-refractivity contribution in [3.8, 4) is 0 Å². The number of nitrogens with zero attached hydrogens (tertiary/aromatic N) is 1. The maximum Gasteiger partial charge on any atom is 0.256 e. The molecule has 5 heteroatoms. The minimum absolute atomic E-state index is 0.0118. The van der Waals surface area contributed by atoms with Gasteiger partial charge in [-0.3, -0.25) is 9.59 Å². The third kappa shape index (κ3) is 1.92. The summed E-state index contributed by atoms with van der Waals surface area (Å²) in [6.45, 7) is 2.68. The number of hydrogen-bond donors (Lipinski definition) is 1. The van der Waals surface area contributed by atoms with Crippen molar-refractivity contribution in [2.24, 2.45) is 0 Å². The number of fused-ring (bicyclic) bond motifs is 3. The van der Waals surface area contributed by atoms with Crippen LogP contribution in [0.25, 0.3) is 0 Å². The van der Waals surface area contributed by atoms with Crippen molar-refractivity contribution in [3.05, 3.63) is 35.4 Å². The average molecular weight is 276 g/mol. The summed E-state index contributed by atoms with van der Waals surface area (Å²) in [5, 5.41) is 2.90. The van der Waals surface area contributed by atoms with Crippen LogP contribution in [0, 0.1) is 0 Å². The van der Waals surface area contributed by atoms with Gasteiger partial charge in [0, 0.05) is 17.9 Å². The number of carbonyl (C=O) groups excluding carboxylic acids is 2. The van der Waals surface area contributed by atoms with Gasteiger partial charge in [-0.15, -0.1) is 11.8 Å². The molecular weight excluding hydrogens is 260 g/mol. The molecule has 19 heavy (non-hydrogen) atoms. The van der Waals surface area contributed by atoms with Crippen LogP contribution in [0.1, 0.15) is 34.6 Å². The van der Waals surface area contributed by atoms with E-state index in [2.05, 4.69) is 5.32 Å². The molecular formula is C14H16N2O2S. The predicted molar refractivity (Wildman–Crippen MR) is 74.9 cm³/mol. The Labute approximate surface area is 116 Å². The number of thioether (sulfide) groups is 1. The van der Waals surface area contributed by atoms with Crippen LogP contribution >= 0.6 is 11.8 Å². The van der Waals surface area contributed by atoms with Crippen LogP contribution in [0.4, 0.5) is 0 Å². The van der Waals surface area contributed by atoms with Crippen molar-refractivity contribution < 1.29 is 9.59 Å². The van der Waals surface area contributed by atoms with E-state index in [1.54, 1.807) is 16.7 Å². The lowest BCUT2D eigenvalue weighted by molar-refractivity contribution is -0.124. The second kappa shape index (κ2) is 4.89. The summed E-state index contributed by atoms with van der Waals surface area (Å²) in [5.41, 5.74) is 1.79. The largest absolute Gasteiger partial charge is 0.354 e. The van der Waals surface area contributed by atoms with Crippen molar-refractivity contribution in [1.82, 2.24) is 10.2 Å². The predicted octanol–water partition coefficient (Wildman–Crippen LogP) is 1.78. The van der Waals surface area contributed by atoms with E-state index in [1.807, 2.05) is 31.2 Å². The Bertz CT molecular complexity index is 532. The highest BCUT2D eigenvalue weighted by Gasteiger charge is 2.48. The SMILES string of the molecule is CCCNC(=O)[C@H]1CS[C@@H]2c3ccccc3C(=O)N12. The van der Waals surface area contributed by atoms with Gasteiger partial charge in [0.25, 0.3) is 5.91 Å². The van der Waals surface area contributed by atoms with Gasteiger partial charge in [-0.25, -0.2) is 0 Å². The lowest BCUT2D eigenvalue weighted by atomic mass is 10.1. The summed E-state index contributed by atoms with van der Waals surface area (Å²) in [6, 6.07) is 7.31. The highest BCUT2D eigenvalue weighted by molar-refractivity contribution is 7.99. The minimum atomic E-state index is -0.332. The average Bonchev–Trinajstić information content (AvgIpc) is 2.98. The summed E-state index contributed by atoms with van der Waals surface area (Å²) in [6.07, 6.45) is 0.906. The molecule has 0 saturated carbocycles. The van der Waals surface area contributed by atoms with Gasteiger partial charge in [0.15, 0.2) is 0 Å². The zero-order chi connectivity index (χ0) is 13.4. The molecule has 2 amide bonds. The lowest BCUT2D eigenvalue weighted by Gasteiger charge is -2.22. The van der Waals surface area contributed by atoms with Crippen molar-refractivity contribution in [2.45, 2.75) is 24.8 Å². The number of carbonyl (C=O) groups is 2. The maximum absolute atomic E-state index is 12.4. The Morgan fingerprint density at radius 3 is 3.05 bits per heavy atom. The number of amides is 2. The fraction of sp³-hybridized carbons (Fsp3) is 0.429. The number of hydrogen-bond acceptors (Lipinski definition) is 3. The van der Waals surface area contributed by atoms with Crippen LogP contribution < -0.4 is 5.32 Å². The topological polar surface area (TPSA) is 49.4 Å². The molecule has 1 N–H and O–H groups in total. The van der Waals surface area contributed by atoms with Gasteiger partial charge < -0.3 is 10.2 Å². The molecule has 1 fully saturated rings. The Balaban J connectivity index is 1.85. The number of nitrogens with one attached hydrogen (secondary N) is 1. The molecule has 100 valence electrons. The Kier molecular flexibility index (Phi) is 3.22. The minimum Gasteiger partial charge on any atom is -0.354 e. The summed E-state index contributed by atoms with van der Waals surface area (Å²) in [4.78, 5) is 26.3. The first-order valence-corrected chi connectivity index (χ1v) is 7.59. The van der Waals surface area contributed by atoms with Gasteiger partial charge in [-0.05, 0) is 18.1 Å². The normalized spacial score (nSPS) is 24.3. The molecule has 0 aliphatic carbocycles. The van der Waals surface area contributed by atoms with Crippen molar-refractivity contribution in [3.63, 3.8) is 0 Å². The van der Waals surface area contributed by atoms with Gasteiger partial charge in [0.1, 0.15) is 11.4 Å². The zero-order valence-corrected chi connectivity index (χ0v) is 11.6.